The molecule has 0 atom stereocenters. The summed E-state index contributed by atoms with van der Waals surface area (Å²) in [5, 5.41) is 2.13. The summed E-state index contributed by atoms with van der Waals surface area (Å²) in [5.41, 5.74) is 1.21. The highest BCUT2D eigenvalue weighted by molar-refractivity contribution is 9.10. The lowest BCUT2D eigenvalue weighted by atomic mass is 10.2. The third kappa shape index (κ3) is 3.59. The van der Waals surface area contributed by atoms with Gasteiger partial charge in [0.25, 0.3) is 0 Å². The third-order valence-electron chi connectivity index (χ3n) is 3.59. The lowest BCUT2D eigenvalue weighted by Crippen LogP contribution is -2.23. The van der Waals surface area contributed by atoms with Gasteiger partial charge in [-0.15, -0.1) is 11.3 Å². The van der Waals surface area contributed by atoms with E-state index in [1.807, 2.05) is 12.4 Å². The molecule has 3 aromatic rings. The summed E-state index contributed by atoms with van der Waals surface area (Å²) in [6.45, 7) is 4.80. The maximum Gasteiger partial charge on any atom is 0.128 e. The SMILES string of the molecule is CCn1ccnc1CN(Cc1cccs1)c1ccc(Br)cc1. The predicted octanol–water partition coefficient (Wildman–Crippen LogP) is 4.93. The van der Waals surface area contributed by atoms with Gasteiger partial charge in [0, 0.05) is 34.0 Å². The molecule has 0 radical (unpaired) electrons. The van der Waals surface area contributed by atoms with Crippen LogP contribution in [0.4, 0.5) is 5.69 Å². The Hall–Kier alpha value is -1.59. The summed E-state index contributed by atoms with van der Waals surface area (Å²) < 4.78 is 3.29. The molecule has 22 heavy (non-hydrogen) atoms. The van der Waals surface area contributed by atoms with Gasteiger partial charge in [-0.1, -0.05) is 22.0 Å². The van der Waals surface area contributed by atoms with Gasteiger partial charge in [0.2, 0.25) is 0 Å². The number of nitrogens with zero attached hydrogens (tertiary/aromatic N) is 3. The predicted molar refractivity (Wildman–Crippen MR) is 96.2 cm³/mol. The van der Waals surface area contributed by atoms with Crippen molar-refractivity contribution in [3.8, 4) is 0 Å². The van der Waals surface area contributed by atoms with Crippen LogP contribution in [0.2, 0.25) is 0 Å². The van der Waals surface area contributed by atoms with E-state index in [9.17, 15) is 0 Å². The molecule has 1 aromatic carbocycles. The fraction of sp³-hybridized carbons (Fsp3) is 0.235. The fourth-order valence-electron chi connectivity index (χ4n) is 2.43. The monoisotopic (exact) mass is 375 g/mol. The summed E-state index contributed by atoms with van der Waals surface area (Å²) in [6.07, 6.45) is 3.92. The molecule has 0 aliphatic heterocycles. The van der Waals surface area contributed by atoms with Crippen LogP contribution in [-0.2, 0) is 19.6 Å². The highest BCUT2D eigenvalue weighted by Crippen LogP contribution is 2.23. The van der Waals surface area contributed by atoms with Gasteiger partial charge < -0.3 is 9.47 Å². The van der Waals surface area contributed by atoms with Crippen molar-refractivity contribution in [2.75, 3.05) is 4.90 Å². The first-order chi connectivity index (χ1) is 10.8. The number of anilines is 1. The minimum absolute atomic E-state index is 0.806. The smallest absolute Gasteiger partial charge is 0.128 e. The van der Waals surface area contributed by atoms with Crippen LogP contribution in [0.25, 0.3) is 0 Å². The molecule has 114 valence electrons. The van der Waals surface area contributed by atoms with E-state index in [2.05, 4.69) is 79.1 Å². The van der Waals surface area contributed by atoms with Crippen LogP contribution in [0.3, 0.4) is 0 Å². The molecule has 0 N–H and O–H groups in total. The zero-order valence-electron chi connectivity index (χ0n) is 12.4. The van der Waals surface area contributed by atoms with Crippen molar-refractivity contribution in [3.05, 3.63) is 69.3 Å². The summed E-state index contributed by atoms with van der Waals surface area (Å²) in [7, 11) is 0. The number of imidazole rings is 1. The average Bonchev–Trinajstić information content (AvgIpc) is 3.19. The van der Waals surface area contributed by atoms with E-state index >= 15 is 0 Å². The number of aryl methyl sites for hydroxylation is 1. The van der Waals surface area contributed by atoms with Crippen molar-refractivity contribution in [1.29, 1.82) is 0 Å². The second kappa shape index (κ2) is 7.11. The van der Waals surface area contributed by atoms with Gasteiger partial charge in [0.15, 0.2) is 0 Å². The average molecular weight is 376 g/mol. The van der Waals surface area contributed by atoms with E-state index in [4.69, 9.17) is 0 Å². The van der Waals surface area contributed by atoms with Crippen molar-refractivity contribution in [2.24, 2.45) is 0 Å². The Labute approximate surface area is 143 Å². The number of hydrogen-bond acceptors (Lipinski definition) is 3. The second-order valence-corrected chi connectivity index (χ2v) is 6.99. The van der Waals surface area contributed by atoms with Crippen molar-refractivity contribution >= 4 is 33.0 Å². The Morgan fingerprint density at radius 3 is 2.68 bits per heavy atom. The van der Waals surface area contributed by atoms with Crippen molar-refractivity contribution in [1.82, 2.24) is 9.55 Å². The Morgan fingerprint density at radius 1 is 1.18 bits per heavy atom. The van der Waals surface area contributed by atoms with Gasteiger partial charge in [-0.2, -0.15) is 0 Å². The van der Waals surface area contributed by atoms with Crippen LogP contribution >= 0.6 is 27.3 Å². The van der Waals surface area contributed by atoms with Gasteiger partial charge in [-0.05, 0) is 42.6 Å². The Balaban J connectivity index is 1.86. The van der Waals surface area contributed by atoms with E-state index in [0.29, 0.717) is 0 Å². The number of benzene rings is 1. The topological polar surface area (TPSA) is 21.1 Å². The third-order valence-corrected chi connectivity index (χ3v) is 4.98. The number of thiophene rings is 1. The lowest BCUT2D eigenvalue weighted by molar-refractivity contribution is 0.666. The minimum Gasteiger partial charge on any atom is -0.359 e. The molecule has 2 aromatic heterocycles. The second-order valence-electron chi connectivity index (χ2n) is 5.04. The molecular weight excluding hydrogens is 358 g/mol. The Kier molecular flexibility index (Phi) is 4.95. The molecule has 3 nitrogen and oxygen atoms in total. The normalized spacial score (nSPS) is 10.8. The zero-order valence-corrected chi connectivity index (χ0v) is 14.8. The zero-order chi connectivity index (χ0) is 15.4. The molecule has 0 saturated carbocycles. The van der Waals surface area contributed by atoms with Crippen LogP contribution in [0, 0.1) is 0 Å². The molecule has 0 amide bonds. The van der Waals surface area contributed by atoms with E-state index in [-0.39, 0.29) is 0 Å². The number of aromatic nitrogens is 2. The largest absolute Gasteiger partial charge is 0.359 e. The molecule has 5 heteroatoms. The molecule has 2 heterocycles. The first-order valence-electron chi connectivity index (χ1n) is 7.29. The summed E-state index contributed by atoms with van der Waals surface area (Å²) in [6, 6.07) is 12.8. The quantitative estimate of drug-likeness (QED) is 0.608. The van der Waals surface area contributed by atoms with Crippen LogP contribution in [0.1, 0.15) is 17.6 Å². The molecule has 0 aliphatic carbocycles. The molecule has 0 saturated heterocycles. The van der Waals surface area contributed by atoms with Gasteiger partial charge >= 0.3 is 0 Å². The number of halogens is 1. The molecule has 0 unspecified atom stereocenters. The fourth-order valence-corrected chi connectivity index (χ4v) is 3.42. The number of hydrogen-bond donors (Lipinski definition) is 0. The molecule has 0 spiro atoms. The van der Waals surface area contributed by atoms with Crippen molar-refractivity contribution in [2.45, 2.75) is 26.6 Å². The van der Waals surface area contributed by atoms with Gasteiger partial charge in [0.1, 0.15) is 5.82 Å². The van der Waals surface area contributed by atoms with E-state index in [0.717, 1.165) is 29.9 Å². The minimum atomic E-state index is 0.806. The molecule has 0 bridgehead atoms. The maximum absolute atomic E-state index is 4.51. The van der Waals surface area contributed by atoms with Crippen molar-refractivity contribution < 1.29 is 0 Å². The summed E-state index contributed by atoms with van der Waals surface area (Å²) >= 11 is 5.30. The molecule has 0 aliphatic rings. The highest BCUT2D eigenvalue weighted by Gasteiger charge is 2.12. The Morgan fingerprint density at radius 2 is 2.00 bits per heavy atom. The Bertz CT molecular complexity index is 704. The van der Waals surface area contributed by atoms with E-state index in [1.54, 1.807) is 11.3 Å². The molecule has 0 fully saturated rings. The number of rotatable bonds is 6. The first kappa shape index (κ1) is 15.3. The van der Waals surface area contributed by atoms with Crippen molar-refractivity contribution in [3.63, 3.8) is 0 Å². The van der Waals surface area contributed by atoms with E-state index < -0.39 is 0 Å². The lowest BCUT2D eigenvalue weighted by Gasteiger charge is -2.24. The van der Waals surface area contributed by atoms with Gasteiger partial charge in [-0.25, -0.2) is 4.98 Å². The summed E-state index contributed by atoms with van der Waals surface area (Å²) in [5.74, 6) is 1.10. The standard InChI is InChI=1S/C17H18BrN3S/c1-2-20-10-9-19-17(20)13-21(12-16-4-3-11-22-16)15-7-5-14(18)6-8-15/h3-11H,2,12-13H2,1H3. The van der Waals surface area contributed by atoms with Gasteiger partial charge in [0.05, 0.1) is 13.1 Å². The van der Waals surface area contributed by atoms with Crippen LogP contribution < -0.4 is 4.90 Å². The van der Waals surface area contributed by atoms with Crippen LogP contribution in [0.15, 0.2) is 58.6 Å². The van der Waals surface area contributed by atoms with Gasteiger partial charge in [-0.3, -0.25) is 0 Å². The van der Waals surface area contributed by atoms with Crippen LogP contribution in [-0.4, -0.2) is 9.55 Å². The van der Waals surface area contributed by atoms with Crippen LogP contribution in [0.5, 0.6) is 0 Å². The highest BCUT2D eigenvalue weighted by atomic mass is 79.9. The molecule has 3 rings (SSSR count). The summed E-state index contributed by atoms with van der Waals surface area (Å²) in [4.78, 5) is 8.24. The molecular formula is C17H18BrN3S. The maximum atomic E-state index is 4.51. The first-order valence-corrected chi connectivity index (χ1v) is 8.96. The van der Waals surface area contributed by atoms with E-state index in [1.165, 1.54) is 10.6 Å².